The Hall–Kier alpha value is -2.99. The summed E-state index contributed by atoms with van der Waals surface area (Å²) in [7, 11) is -2.17. The summed E-state index contributed by atoms with van der Waals surface area (Å²) in [5.41, 5.74) is 7.00. The Bertz CT molecular complexity index is 1220. The first kappa shape index (κ1) is 28.6. The van der Waals surface area contributed by atoms with Crippen LogP contribution in [0.25, 0.3) is 22.4 Å². The lowest BCUT2D eigenvalue weighted by Crippen LogP contribution is -2.15. The molecule has 8 heteroatoms. The zero-order valence-electron chi connectivity index (χ0n) is 21.5. The number of hydrogen-bond donors (Lipinski definition) is 2. The molecule has 0 saturated carbocycles. The minimum absolute atomic E-state index is 0.131. The molecule has 37 heavy (non-hydrogen) atoms. The molecule has 2 aromatic carbocycles. The fourth-order valence-corrected chi connectivity index (χ4v) is 5.38. The van der Waals surface area contributed by atoms with E-state index in [1.54, 1.807) is 12.1 Å². The normalized spacial score (nSPS) is 12.5. The van der Waals surface area contributed by atoms with Crippen LogP contribution in [-0.4, -0.2) is 40.0 Å². The van der Waals surface area contributed by atoms with Gasteiger partial charge >= 0.3 is 14.0 Å². The summed E-state index contributed by atoms with van der Waals surface area (Å²) in [5.74, 6) is -1.32. The van der Waals surface area contributed by atoms with E-state index in [2.05, 4.69) is 20.8 Å². The van der Waals surface area contributed by atoms with Gasteiger partial charge in [0.2, 0.25) is 6.16 Å². The van der Waals surface area contributed by atoms with Gasteiger partial charge in [0, 0.05) is 11.3 Å². The maximum absolute atomic E-state index is 13.8. The average Bonchev–Trinajstić information content (AvgIpc) is 2.86. The van der Waals surface area contributed by atoms with Crippen molar-refractivity contribution < 1.29 is 28.5 Å². The molecule has 0 spiro atoms. The topological polar surface area (TPSA) is 96.7 Å². The fraction of sp³-hybridized carbons (Fsp3) is 0.379. The second-order valence-electron chi connectivity index (χ2n) is 9.26. The van der Waals surface area contributed by atoms with Gasteiger partial charge in [0.1, 0.15) is 18.5 Å². The van der Waals surface area contributed by atoms with Crippen molar-refractivity contribution in [2.45, 2.75) is 58.5 Å². The van der Waals surface area contributed by atoms with Crippen molar-refractivity contribution in [2.75, 3.05) is 12.8 Å². The molecule has 6 nitrogen and oxygen atoms in total. The Morgan fingerprint density at radius 3 is 2.32 bits per heavy atom. The molecule has 3 aromatic rings. The van der Waals surface area contributed by atoms with E-state index >= 15 is 0 Å². The summed E-state index contributed by atoms with van der Waals surface area (Å²) >= 11 is 0. The third-order valence-electron chi connectivity index (χ3n) is 6.09. The van der Waals surface area contributed by atoms with Gasteiger partial charge < -0.3 is 10.2 Å². The van der Waals surface area contributed by atoms with Crippen molar-refractivity contribution in [3.05, 3.63) is 77.2 Å². The van der Waals surface area contributed by atoms with Crippen LogP contribution in [0.1, 0.15) is 56.4 Å². The zero-order valence-corrected chi connectivity index (χ0v) is 22.4. The van der Waals surface area contributed by atoms with Crippen LogP contribution in [0.2, 0.25) is 0 Å². The molecule has 0 bridgehead atoms. The molecule has 2 N–H and O–H groups in total. The number of benzene rings is 2. The lowest BCUT2D eigenvalue weighted by Gasteiger charge is -2.23. The Morgan fingerprint density at radius 1 is 1.05 bits per heavy atom. The highest BCUT2D eigenvalue weighted by molar-refractivity contribution is 7.39. The van der Waals surface area contributed by atoms with E-state index in [1.807, 2.05) is 30.3 Å². The summed E-state index contributed by atoms with van der Waals surface area (Å²) in [5, 5.41) is 18.5. The first-order chi connectivity index (χ1) is 17.7. The molecule has 1 heterocycles. The summed E-state index contributed by atoms with van der Waals surface area (Å²) < 4.78 is 31.4. The van der Waals surface area contributed by atoms with Crippen LogP contribution in [0.3, 0.4) is 0 Å². The number of aliphatic hydroxyl groups is 1. The van der Waals surface area contributed by atoms with E-state index < -0.39 is 26.5 Å². The monoisotopic (exact) mass is 526 g/mol. The molecule has 3 rings (SSSR count). The highest BCUT2D eigenvalue weighted by atomic mass is 31.1. The van der Waals surface area contributed by atoms with Crippen molar-refractivity contribution >= 4 is 14.0 Å². The number of aromatic nitrogens is 1. The second kappa shape index (κ2) is 13.5. The van der Waals surface area contributed by atoms with Gasteiger partial charge in [0.15, 0.2) is 0 Å². The number of nitrogens with zero attached hydrogens (tertiary/aromatic N) is 1. The largest absolute Gasteiger partial charge is 0.510 e. The summed E-state index contributed by atoms with van der Waals surface area (Å²) in [6.07, 6.45) is 0.00477. The van der Waals surface area contributed by atoms with Crippen molar-refractivity contribution in [1.29, 1.82) is 0 Å². The number of pyridine rings is 1. The van der Waals surface area contributed by atoms with Gasteiger partial charge in [-0.3, -0.25) is 9.78 Å². The minimum atomic E-state index is -2.17. The fourth-order valence-electron chi connectivity index (χ4n) is 4.46. The van der Waals surface area contributed by atoms with Crippen molar-refractivity contribution in [2.24, 2.45) is 0 Å². The number of carboxylic acids is 1. The van der Waals surface area contributed by atoms with Gasteiger partial charge in [-0.05, 0) is 64.1 Å². The minimum Gasteiger partial charge on any atom is -0.481 e. The van der Waals surface area contributed by atoms with E-state index in [4.69, 9.17) is 14.6 Å². The highest BCUT2D eigenvalue weighted by Crippen LogP contribution is 2.39. The number of aliphatic hydroxyl groups excluding tert-OH is 1. The molecule has 0 radical (unpaired) electrons. The van der Waals surface area contributed by atoms with Gasteiger partial charge in [-0.15, -0.1) is 4.52 Å². The average molecular weight is 527 g/mol. The van der Waals surface area contributed by atoms with Gasteiger partial charge in [-0.2, -0.15) is 0 Å². The van der Waals surface area contributed by atoms with E-state index in [0.29, 0.717) is 12.8 Å². The molecule has 0 saturated heterocycles. The molecular weight excluding hydrogens is 492 g/mol. The first-order valence-corrected chi connectivity index (χ1v) is 13.9. The van der Waals surface area contributed by atoms with Crippen LogP contribution >= 0.6 is 8.03 Å². The Labute approximate surface area is 218 Å². The molecule has 0 aliphatic rings. The molecule has 2 atom stereocenters. The van der Waals surface area contributed by atoms with E-state index in [9.17, 15) is 18.9 Å². The van der Waals surface area contributed by atoms with Gasteiger partial charge in [0.05, 0.1) is 12.1 Å². The zero-order chi connectivity index (χ0) is 26.9. The van der Waals surface area contributed by atoms with Gasteiger partial charge in [0.25, 0.3) is 0 Å². The Balaban J connectivity index is 1.96. The molecule has 196 valence electrons. The lowest BCUT2D eigenvalue weighted by atomic mass is 9.85. The van der Waals surface area contributed by atoms with Crippen LogP contribution in [0, 0.1) is 5.82 Å². The van der Waals surface area contributed by atoms with Crippen molar-refractivity contribution in [3.8, 4) is 22.4 Å². The van der Waals surface area contributed by atoms with Gasteiger partial charge in [-0.25, -0.2) is 4.39 Å². The standard InChI is InChI=1S/C29H33FNO5P/c1-4-24-27(20-12-14-22(30)15-13-20)25(11-8-16-36-37(35)18-23(32)17-26(33)34)28(19(2)3)31-29(24)21-9-6-5-7-10-21/h5-7,9-10,12-15,19,23,32H,4,8,11,16-18H2,1-3H3/p+1. The maximum atomic E-state index is 13.8. The lowest BCUT2D eigenvalue weighted by molar-refractivity contribution is -0.138. The molecule has 0 fully saturated rings. The van der Waals surface area contributed by atoms with Crippen molar-refractivity contribution in [3.63, 3.8) is 0 Å². The third-order valence-corrected chi connectivity index (χ3v) is 7.28. The Morgan fingerprint density at radius 2 is 1.73 bits per heavy atom. The van der Waals surface area contributed by atoms with Gasteiger partial charge in [-0.1, -0.05) is 63.2 Å². The SMILES string of the molecule is CCc1c(-c2ccccc2)nc(C(C)C)c(CCCO[P+](=O)CC(O)CC(=O)O)c1-c1ccc(F)cc1. The number of carbonyl (C=O) groups is 1. The number of aliphatic carboxylic acids is 1. The predicted molar refractivity (Wildman–Crippen MR) is 144 cm³/mol. The summed E-state index contributed by atoms with van der Waals surface area (Å²) in [6, 6.07) is 16.6. The first-order valence-electron chi connectivity index (χ1n) is 12.6. The summed E-state index contributed by atoms with van der Waals surface area (Å²) in [4.78, 5) is 15.8. The molecule has 0 amide bonds. The van der Waals surface area contributed by atoms with Crippen molar-refractivity contribution in [1.82, 2.24) is 4.98 Å². The number of hydrogen-bond acceptors (Lipinski definition) is 5. The van der Waals surface area contributed by atoms with Crippen LogP contribution < -0.4 is 0 Å². The van der Waals surface area contributed by atoms with Crippen LogP contribution in [0.5, 0.6) is 0 Å². The number of halogens is 1. The summed E-state index contributed by atoms with van der Waals surface area (Å²) in [6.45, 7) is 6.47. The third kappa shape index (κ3) is 7.75. The molecule has 1 aromatic heterocycles. The van der Waals surface area contributed by atoms with Crippen LogP contribution in [-0.2, 0) is 26.7 Å². The molecule has 2 unspecified atom stereocenters. The predicted octanol–water partition coefficient (Wildman–Crippen LogP) is 6.77. The smallest absolute Gasteiger partial charge is 0.481 e. The quantitative estimate of drug-likeness (QED) is 0.189. The highest BCUT2D eigenvalue weighted by Gasteiger charge is 2.26. The Kier molecular flexibility index (Phi) is 10.4. The van der Waals surface area contributed by atoms with E-state index in [0.717, 1.165) is 45.6 Å². The second-order valence-corrected chi connectivity index (χ2v) is 10.6. The number of rotatable bonds is 13. The van der Waals surface area contributed by atoms with E-state index in [1.165, 1.54) is 12.1 Å². The van der Waals surface area contributed by atoms with Crippen LogP contribution in [0.15, 0.2) is 54.6 Å². The molecule has 0 aliphatic carbocycles. The number of carboxylic acid groups (broad SMARTS) is 1. The van der Waals surface area contributed by atoms with Crippen LogP contribution in [0.4, 0.5) is 4.39 Å². The molecular formula is C29H34FNO5P+. The van der Waals surface area contributed by atoms with E-state index in [-0.39, 0.29) is 24.5 Å². The maximum Gasteiger partial charge on any atom is 0.510 e. The molecule has 0 aliphatic heterocycles.